The molecule has 1 saturated heterocycles. The van der Waals surface area contributed by atoms with Crippen molar-refractivity contribution < 1.29 is 18.0 Å². The van der Waals surface area contributed by atoms with E-state index in [1.54, 1.807) is 47.4 Å². The summed E-state index contributed by atoms with van der Waals surface area (Å²) in [5.74, 6) is -0.329. The molecule has 160 valence electrons. The van der Waals surface area contributed by atoms with E-state index in [0.717, 1.165) is 10.8 Å². The molecular formula is C22H22N4O4S. The molecule has 0 unspecified atom stereocenters. The molecule has 3 aromatic carbocycles. The summed E-state index contributed by atoms with van der Waals surface area (Å²) < 4.78 is 27.6. The van der Waals surface area contributed by atoms with Crippen LogP contribution in [0.3, 0.4) is 0 Å². The van der Waals surface area contributed by atoms with Crippen LogP contribution in [0.2, 0.25) is 0 Å². The van der Waals surface area contributed by atoms with E-state index in [9.17, 15) is 18.0 Å². The van der Waals surface area contributed by atoms with Crippen molar-refractivity contribution in [1.82, 2.24) is 10.0 Å². The zero-order chi connectivity index (χ0) is 21.8. The lowest BCUT2D eigenvalue weighted by Gasteiger charge is -2.15. The van der Waals surface area contributed by atoms with Gasteiger partial charge in [-0.1, -0.05) is 36.4 Å². The Morgan fingerprint density at radius 1 is 1.00 bits per heavy atom. The van der Waals surface area contributed by atoms with Crippen LogP contribution in [0.15, 0.2) is 71.6 Å². The number of nitrogens with one attached hydrogen (secondary N) is 3. The molecule has 8 nitrogen and oxygen atoms in total. The van der Waals surface area contributed by atoms with Gasteiger partial charge in [-0.3, -0.25) is 9.69 Å². The number of anilines is 2. The molecule has 0 aliphatic carbocycles. The number of sulfonamides is 1. The molecule has 3 N–H and O–H groups in total. The van der Waals surface area contributed by atoms with Crippen LogP contribution in [0.5, 0.6) is 0 Å². The molecule has 0 bridgehead atoms. The number of carbonyl (C=O) groups is 2. The van der Waals surface area contributed by atoms with E-state index >= 15 is 0 Å². The first-order valence-electron chi connectivity index (χ1n) is 9.86. The van der Waals surface area contributed by atoms with Gasteiger partial charge in [0, 0.05) is 37.4 Å². The molecule has 1 aliphatic heterocycles. The predicted molar refractivity (Wildman–Crippen MR) is 120 cm³/mol. The van der Waals surface area contributed by atoms with E-state index < -0.39 is 10.0 Å². The standard InChI is InChI=1S/C22H22N4O4S/c27-21(25-18-6-3-7-19(15-18)26-13-12-23-22(26)28)10-11-24-31(29,30)20-9-8-16-4-1-2-5-17(16)14-20/h1-9,14-15,24H,10-13H2,(H,23,28)(H,25,27). The summed E-state index contributed by atoms with van der Waals surface area (Å²) in [5.41, 5.74) is 1.23. The Labute approximate surface area is 180 Å². The van der Waals surface area contributed by atoms with Crippen molar-refractivity contribution in [3.8, 4) is 0 Å². The summed E-state index contributed by atoms with van der Waals surface area (Å²) in [6.07, 6.45) is -0.0265. The van der Waals surface area contributed by atoms with Gasteiger partial charge in [-0.25, -0.2) is 17.9 Å². The van der Waals surface area contributed by atoms with E-state index in [1.807, 2.05) is 24.3 Å². The third-order valence-electron chi connectivity index (χ3n) is 4.97. The third-order valence-corrected chi connectivity index (χ3v) is 6.43. The zero-order valence-electron chi connectivity index (χ0n) is 16.7. The first-order chi connectivity index (χ1) is 14.9. The maximum atomic E-state index is 12.6. The van der Waals surface area contributed by atoms with Gasteiger partial charge in [-0.05, 0) is 41.1 Å². The van der Waals surface area contributed by atoms with Crippen LogP contribution in [0, 0.1) is 0 Å². The lowest BCUT2D eigenvalue weighted by molar-refractivity contribution is -0.116. The average Bonchev–Trinajstić information content (AvgIpc) is 3.19. The molecule has 0 radical (unpaired) electrons. The van der Waals surface area contributed by atoms with Crippen molar-refractivity contribution in [1.29, 1.82) is 0 Å². The second-order valence-corrected chi connectivity index (χ2v) is 8.91. The van der Waals surface area contributed by atoms with Gasteiger partial charge < -0.3 is 10.6 Å². The smallest absolute Gasteiger partial charge is 0.321 e. The van der Waals surface area contributed by atoms with Crippen LogP contribution < -0.4 is 20.3 Å². The Morgan fingerprint density at radius 3 is 2.58 bits per heavy atom. The van der Waals surface area contributed by atoms with E-state index in [0.29, 0.717) is 24.5 Å². The molecular weight excluding hydrogens is 416 g/mol. The molecule has 0 atom stereocenters. The number of hydrogen-bond donors (Lipinski definition) is 3. The summed E-state index contributed by atoms with van der Waals surface area (Å²) in [6.45, 7) is 1.11. The number of carbonyl (C=O) groups excluding carboxylic acids is 2. The number of fused-ring (bicyclic) bond motifs is 1. The number of benzene rings is 3. The van der Waals surface area contributed by atoms with E-state index in [2.05, 4.69) is 15.4 Å². The maximum absolute atomic E-state index is 12.6. The molecule has 4 rings (SSSR count). The third kappa shape index (κ3) is 4.84. The molecule has 0 spiro atoms. The number of hydrogen-bond acceptors (Lipinski definition) is 4. The monoisotopic (exact) mass is 438 g/mol. The number of amides is 3. The van der Waals surface area contributed by atoms with E-state index in [-0.39, 0.29) is 29.8 Å². The minimum Gasteiger partial charge on any atom is -0.336 e. The summed E-state index contributed by atoms with van der Waals surface area (Å²) in [6, 6.07) is 19.2. The Morgan fingerprint density at radius 2 is 1.81 bits per heavy atom. The van der Waals surface area contributed by atoms with Gasteiger partial charge in [-0.2, -0.15) is 0 Å². The molecule has 0 saturated carbocycles. The molecule has 0 aromatic heterocycles. The second-order valence-electron chi connectivity index (χ2n) is 7.14. The summed E-state index contributed by atoms with van der Waals surface area (Å²) in [4.78, 5) is 25.8. The highest BCUT2D eigenvalue weighted by atomic mass is 32.2. The van der Waals surface area contributed by atoms with Crippen LogP contribution in [-0.4, -0.2) is 40.0 Å². The highest BCUT2D eigenvalue weighted by molar-refractivity contribution is 7.89. The predicted octanol–water partition coefficient (Wildman–Crippen LogP) is 2.68. The maximum Gasteiger partial charge on any atom is 0.321 e. The molecule has 31 heavy (non-hydrogen) atoms. The lowest BCUT2D eigenvalue weighted by Crippen LogP contribution is -2.28. The highest BCUT2D eigenvalue weighted by Gasteiger charge is 2.21. The lowest BCUT2D eigenvalue weighted by atomic mass is 10.1. The number of nitrogens with zero attached hydrogens (tertiary/aromatic N) is 1. The highest BCUT2D eigenvalue weighted by Crippen LogP contribution is 2.21. The van der Waals surface area contributed by atoms with Crippen molar-refractivity contribution in [3.63, 3.8) is 0 Å². The van der Waals surface area contributed by atoms with Crippen molar-refractivity contribution >= 4 is 44.1 Å². The second kappa shape index (κ2) is 8.75. The Hall–Kier alpha value is -3.43. The topological polar surface area (TPSA) is 108 Å². The first-order valence-corrected chi connectivity index (χ1v) is 11.3. The van der Waals surface area contributed by atoms with Gasteiger partial charge in [0.1, 0.15) is 0 Å². The minimum atomic E-state index is -3.73. The molecule has 9 heteroatoms. The zero-order valence-corrected chi connectivity index (χ0v) is 17.5. The van der Waals surface area contributed by atoms with Crippen LogP contribution in [0.25, 0.3) is 10.8 Å². The summed E-state index contributed by atoms with van der Waals surface area (Å²) in [7, 11) is -3.73. The molecule has 1 heterocycles. The minimum absolute atomic E-state index is 0.0265. The van der Waals surface area contributed by atoms with Crippen LogP contribution in [0.4, 0.5) is 16.2 Å². The van der Waals surface area contributed by atoms with Crippen molar-refractivity contribution in [2.45, 2.75) is 11.3 Å². The first kappa shape index (κ1) is 20.8. The Kier molecular flexibility index (Phi) is 5.88. The van der Waals surface area contributed by atoms with Crippen molar-refractivity contribution in [3.05, 3.63) is 66.7 Å². The molecule has 3 amide bonds. The van der Waals surface area contributed by atoms with E-state index in [1.165, 1.54) is 0 Å². The van der Waals surface area contributed by atoms with Crippen LogP contribution in [0.1, 0.15) is 6.42 Å². The Balaban J connectivity index is 1.34. The fourth-order valence-corrected chi connectivity index (χ4v) is 4.48. The van der Waals surface area contributed by atoms with Gasteiger partial charge in [0.05, 0.1) is 4.90 Å². The molecule has 1 aliphatic rings. The quantitative estimate of drug-likeness (QED) is 0.527. The molecule has 3 aromatic rings. The van der Waals surface area contributed by atoms with Gasteiger partial charge in [0.25, 0.3) is 0 Å². The fourth-order valence-electron chi connectivity index (χ4n) is 3.41. The van der Waals surface area contributed by atoms with Crippen molar-refractivity contribution in [2.24, 2.45) is 0 Å². The van der Waals surface area contributed by atoms with Gasteiger partial charge >= 0.3 is 6.03 Å². The van der Waals surface area contributed by atoms with Gasteiger partial charge in [-0.15, -0.1) is 0 Å². The normalized spacial score (nSPS) is 13.9. The SMILES string of the molecule is O=C(CCNS(=O)(=O)c1ccc2ccccc2c1)Nc1cccc(N2CCNC2=O)c1. The average molecular weight is 439 g/mol. The van der Waals surface area contributed by atoms with Crippen molar-refractivity contribution in [2.75, 3.05) is 29.9 Å². The fraction of sp³-hybridized carbons (Fsp3) is 0.182. The number of urea groups is 1. The number of rotatable bonds is 7. The summed E-state index contributed by atoms with van der Waals surface area (Å²) >= 11 is 0. The van der Waals surface area contributed by atoms with Gasteiger partial charge in [0.15, 0.2) is 0 Å². The van der Waals surface area contributed by atoms with Crippen LogP contribution >= 0.6 is 0 Å². The summed E-state index contributed by atoms with van der Waals surface area (Å²) in [5, 5.41) is 7.25. The molecule has 1 fully saturated rings. The Bertz CT molecular complexity index is 1240. The van der Waals surface area contributed by atoms with Gasteiger partial charge in [0.2, 0.25) is 15.9 Å². The largest absolute Gasteiger partial charge is 0.336 e. The van der Waals surface area contributed by atoms with Crippen LogP contribution in [-0.2, 0) is 14.8 Å². The van der Waals surface area contributed by atoms with E-state index in [4.69, 9.17) is 0 Å².